The summed E-state index contributed by atoms with van der Waals surface area (Å²) in [6.07, 6.45) is 5.25. The van der Waals surface area contributed by atoms with Crippen molar-refractivity contribution in [1.82, 2.24) is 9.97 Å². The SMILES string of the molecule is C[C@@H](OC(=O)c1ccc(C2CCCCC2)cc1)C(=O)Nc1ccc2[nH]c(=O)[nH]c2c1. The van der Waals surface area contributed by atoms with Gasteiger partial charge in [-0.1, -0.05) is 31.4 Å². The van der Waals surface area contributed by atoms with Gasteiger partial charge in [0.2, 0.25) is 0 Å². The fourth-order valence-corrected chi connectivity index (χ4v) is 3.96. The standard InChI is InChI=1S/C23H25N3O4/c1-14(21(27)24-18-11-12-19-20(13-18)26-23(29)25-19)30-22(28)17-9-7-16(8-10-17)15-5-3-2-4-6-15/h7-15H,2-6H2,1H3,(H,24,27)(H2,25,26,29)/t14-/m1/s1. The molecule has 3 aromatic rings. The highest BCUT2D eigenvalue weighted by atomic mass is 16.5. The van der Waals surface area contributed by atoms with Gasteiger partial charge in [0.25, 0.3) is 5.91 Å². The van der Waals surface area contributed by atoms with Crippen molar-refractivity contribution in [2.75, 3.05) is 5.32 Å². The fourth-order valence-electron chi connectivity index (χ4n) is 3.96. The Morgan fingerprint density at radius 3 is 2.43 bits per heavy atom. The molecule has 0 saturated heterocycles. The highest BCUT2D eigenvalue weighted by Crippen LogP contribution is 2.32. The van der Waals surface area contributed by atoms with E-state index in [0.29, 0.717) is 28.2 Å². The molecule has 1 atom stereocenters. The van der Waals surface area contributed by atoms with Gasteiger partial charge in [-0.3, -0.25) is 4.79 Å². The van der Waals surface area contributed by atoms with Crippen LogP contribution in [0.25, 0.3) is 11.0 Å². The van der Waals surface area contributed by atoms with Crippen molar-refractivity contribution in [3.63, 3.8) is 0 Å². The fraction of sp³-hybridized carbons (Fsp3) is 0.348. The second-order valence-electron chi connectivity index (χ2n) is 7.83. The third-order valence-electron chi connectivity index (χ3n) is 5.66. The van der Waals surface area contributed by atoms with Gasteiger partial charge in [0.15, 0.2) is 6.10 Å². The Bertz CT molecular complexity index is 1110. The third-order valence-corrected chi connectivity index (χ3v) is 5.66. The smallest absolute Gasteiger partial charge is 0.338 e. The first kappa shape index (κ1) is 19.9. The van der Waals surface area contributed by atoms with Gasteiger partial charge in [0, 0.05) is 5.69 Å². The summed E-state index contributed by atoms with van der Waals surface area (Å²) in [5, 5.41) is 2.70. The van der Waals surface area contributed by atoms with Crippen LogP contribution < -0.4 is 11.0 Å². The number of benzene rings is 2. The molecule has 0 radical (unpaired) electrons. The molecular weight excluding hydrogens is 382 g/mol. The van der Waals surface area contributed by atoms with Crippen molar-refractivity contribution in [2.45, 2.75) is 51.0 Å². The first-order valence-corrected chi connectivity index (χ1v) is 10.3. The van der Waals surface area contributed by atoms with Crippen LogP contribution in [-0.4, -0.2) is 27.9 Å². The van der Waals surface area contributed by atoms with Gasteiger partial charge in [0.05, 0.1) is 16.6 Å². The molecule has 0 bridgehead atoms. The molecule has 30 heavy (non-hydrogen) atoms. The summed E-state index contributed by atoms with van der Waals surface area (Å²) in [7, 11) is 0. The van der Waals surface area contributed by atoms with E-state index in [2.05, 4.69) is 15.3 Å². The molecule has 2 aromatic carbocycles. The van der Waals surface area contributed by atoms with Crippen LogP contribution in [0.2, 0.25) is 0 Å². The molecule has 0 spiro atoms. The molecule has 1 aliphatic rings. The van der Waals surface area contributed by atoms with Crippen molar-refractivity contribution in [3.05, 3.63) is 64.1 Å². The minimum atomic E-state index is -0.962. The van der Waals surface area contributed by atoms with E-state index in [4.69, 9.17) is 4.74 Å². The Morgan fingerprint density at radius 2 is 1.70 bits per heavy atom. The Labute approximate surface area is 173 Å². The maximum atomic E-state index is 12.4. The molecule has 1 aromatic heterocycles. The summed E-state index contributed by atoms with van der Waals surface area (Å²) in [6.45, 7) is 1.53. The van der Waals surface area contributed by atoms with Gasteiger partial charge in [-0.15, -0.1) is 0 Å². The summed E-state index contributed by atoms with van der Waals surface area (Å²) in [5.41, 5.74) is 3.11. The number of rotatable bonds is 5. The van der Waals surface area contributed by atoms with E-state index in [1.807, 2.05) is 12.1 Å². The Balaban J connectivity index is 1.35. The monoisotopic (exact) mass is 407 g/mol. The molecule has 0 aliphatic heterocycles. The summed E-state index contributed by atoms with van der Waals surface area (Å²) in [6, 6.07) is 12.5. The van der Waals surface area contributed by atoms with Crippen molar-refractivity contribution >= 4 is 28.6 Å². The molecule has 1 heterocycles. The first-order chi connectivity index (χ1) is 14.5. The lowest BCUT2D eigenvalue weighted by atomic mass is 9.84. The summed E-state index contributed by atoms with van der Waals surface area (Å²) >= 11 is 0. The number of carbonyl (C=O) groups excluding carboxylic acids is 2. The number of carbonyl (C=O) groups is 2. The van der Waals surface area contributed by atoms with Crippen LogP contribution in [0, 0.1) is 0 Å². The number of aromatic nitrogens is 2. The molecule has 156 valence electrons. The van der Waals surface area contributed by atoms with E-state index in [1.165, 1.54) is 44.6 Å². The zero-order valence-corrected chi connectivity index (χ0v) is 16.9. The number of ether oxygens (including phenoxy) is 1. The average Bonchev–Trinajstić information content (AvgIpc) is 3.13. The van der Waals surface area contributed by atoms with Crippen LogP contribution in [0.1, 0.15) is 60.9 Å². The minimum absolute atomic E-state index is 0.315. The van der Waals surface area contributed by atoms with Crippen LogP contribution in [-0.2, 0) is 9.53 Å². The number of hydrogen-bond donors (Lipinski definition) is 3. The molecular formula is C23H25N3O4. The van der Waals surface area contributed by atoms with Gasteiger partial charge in [-0.25, -0.2) is 9.59 Å². The zero-order valence-electron chi connectivity index (χ0n) is 16.9. The largest absolute Gasteiger partial charge is 0.449 e. The topological polar surface area (TPSA) is 104 Å². The Kier molecular flexibility index (Phi) is 5.70. The van der Waals surface area contributed by atoms with E-state index in [0.717, 1.165) is 0 Å². The van der Waals surface area contributed by atoms with Crippen molar-refractivity contribution < 1.29 is 14.3 Å². The van der Waals surface area contributed by atoms with E-state index >= 15 is 0 Å². The average molecular weight is 407 g/mol. The molecule has 0 unspecified atom stereocenters. The number of amides is 1. The van der Waals surface area contributed by atoms with Gasteiger partial charge in [-0.05, 0) is 61.6 Å². The van der Waals surface area contributed by atoms with Crippen molar-refractivity contribution in [1.29, 1.82) is 0 Å². The van der Waals surface area contributed by atoms with E-state index in [9.17, 15) is 14.4 Å². The summed E-state index contributed by atoms with van der Waals surface area (Å²) in [4.78, 5) is 41.5. The van der Waals surface area contributed by atoms with E-state index in [-0.39, 0.29) is 5.69 Å². The summed E-state index contributed by atoms with van der Waals surface area (Å²) in [5.74, 6) is -0.404. The maximum absolute atomic E-state index is 12.4. The number of fused-ring (bicyclic) bond motifs is 1. The van der Waals surface area contributed by atoms with Gasteiger partial charge < -0.3 is 20.0 Å². The molecule has 1 amide bonds. The maximum Gasteiger partial charge on any atom is 0.338 e. The number of H-pyrrole nitrogens is 2. The molecule has 7 heteroatoms. The molecule has 7 nitrogen and oxygen atoms in total. The number of nitrogens with one attached hydrogen (secondary N) is 3. The first-order valence-electron chi connectivity index (χ1n) is 10.3. The quantitative estimate of drug-likeness (QED) is 0.554. The van der Waals surface area contributed by atoms with Crippen LogP contribution >= 0.6 is 0 Å². The van der Waals surface area contributed by atoms with E-state index < -0.39 is 18.0 Å². The Morgan fingerprint density at radius 1 is 1.00 bits per heavy atom. The number of hydrogen-bond acceptors (Lipinski definition) is 4. The predicted octanol–water partition coefficient (Wildman–Crippen LogP) is 4.09. The van der Waals surface area contributed by atoms with Crippen molar-refractivity contribution in [2.24, 2.45) is 0 Å². The van der Waals surface area contributed by atoms with Crippen LogP contribution in [0.4, 0.5) is 5.69 Å². The predicted molar refractivity (Wildman–Crippen MR) is 115 cm³/mol. The minimum Gasteiger partial charge on any atom is -0.449 e. The van der Waals surface area contributed by atoms with Crippen LogP contribution in [0.3, 0.4) is 0 Å². The number of imidazole rings is 1. The zero-order chi connectivity index (χ0) is 21.1. The molecule has 1 saturated carbocycles. The lowest BCUT2D eigenvalue weighted by Gasteiger charge is -2.22. The Hall–Kier alpha value is -3.35. The highest BCUT2D eigenvalue weighted by molar-refractivity contribution is 5.98. The van der Waals surface area contributed by atoms with Gasteiger partial charge in [0.1, 0.15) is 0 Å². The third kappa shape index (κ3) is 4.45. The van der Waals surface area contributed by atoms with Crippen LogP contribution in [0.15, 0.2) is 47.3 Å². The lowest BCUT2D eigenvalue weighted by Crippen LogP contribution is -2.30. The van der Waals surface area contributed by atoms with Crippen LogP contribution in [0.5, 0.6) is 0 Å². The van der Waals surface area contributed by atoms with Gasteiger partial charge in [-0.2, -0.15) is 0 Å². The number of aromatic amines is 2. The normalized spacial score (nSPS) is 15.6. The molecule has 4 rings (SSSR count). The molecule has 1 aliphatic carbocycles. The number of esters is 1. The lowest BCUT2D eigenvalue weighted by molar-refractivity contribution is -0.123. The summed E-state index contributed by atoms with van der Waals surface area (Å²) < 4.78 is 5.33. The van der Waals surface area contributed by atoms with Crippen molar-refractivity contribution in [3.8, 4) is 0 Å². The second-order valence-corrected chi connectivity index (χ2v) is 7.83. The molecule has 3 N–H and O–H groups in total. The van der Waals surface area contributed by atoms with E-state index in [1.54, 1.807) is 30.3 Å². The molecule has 1 fully saturated rings. The second kappa shape index (κ2) is 8.57. The highest BCUT2D eigenvalue weighted by Gasteiger charge is 2.20. The van der Waals surface area contributed by atoms with Gasteiger partial charge >= 0.3 is 11.7 Å². The number of anilines is 1.